The van der Waals surface area contributed by atoms with Crippen molar-refractivity contribution < 1.29 is 4.79 Å². The molecule has 12 heavy (non-hydrogen) atoms. The van der Waals surface area contributed by atoms with Gasteiger partial charge in [-0.15, -0.1) is 11.3 Å². The number of thiophene rings is 1. The van der Waals surface area contributed by atoms with Gasteiger partial charge in [0.1, 0.15) is 6.29 Å². The molecular formula is C10H8OS. The summed E-state index contributed by atoms with van der Waals surface area (Å²) in [6.07, 6.45) is 0.895. The maximum atomic E-state index is 10.5. The largest absolute Gasteiger partial charge is 0.298 e. The summed E-state index contributed by atoms with van der Waals surface area (Å²) >= 11 is 1.67. The number of aldehydes is 1. The van der Waals surface area contributed by atoms with Gasteiger partial charge in [0.2, 0.25) is 0 Å². The molecule has 0 atom stereocenters. The average molecular weight is 176 g/mol. The number of rotatable bonds is 1. The van der Waals surface area contributed by atoms with Crippen molar-refractivity contribution in [3.8, 4) is 0 Å². The van der Waals surface area contributed by atoms with Crippen LogP contribution in [0.25, 0.3) is 10.1 Å². The molecule has 0 radical (unpaired) electrons. The highest BCUT2D eigenvalue weighted by molar-refractivity contribution is 7.17. The second kappa shape index (κ2) is 2.72. The third kappa shape index (κ3) is 1.04. The van der Waals surface area contributed by atoms with E-state index in [-0.39, 0.29) is 0 Å². The normalized spacial score (nSPS) is 10.4. The predicted molar refractivity (Wildman–Crippen MR) is 51.9 cm³/mol. The third-order valence-electron chi connectivity index (χ3n) is 1.94. The monoisotopic (exact) mass is 176 g/mol. The molecule has 1 heterocycles. The van der Waals surface area contributed by atoms with E-state index in [2.05, 4.69) is 6.07 Å². The van der Waals surface area contributed by atoms with E-state index in [4.69, 9.17) is 0 Å². The summed E-state index contributed by atoms with van der Waals surface area (Å²) in [7, 11) is 0. The number of aryl methyl sites for hydroxylation is 1. The summed E-state index contributed by atoms with van der Waals surface area (Å²) in [6, 6.07) is 5.94. The van der Waals surface area contributed by atoms with Crippen LogP contribution in [0.4, 0.5) is 0 Å². The zero-order valence-electron chi connectivity index (χ0n) is 6.70. The van der Waals surface area contributed by atoms with Gasteiger partial charge in [0.15, 0.2) is 0 Å². The van der Waals surface area contributed by atoms with Crippen molar-refractivity contribution in [1.29, 1.82) is 0 Å². The van der Waals surface area contributed by atoms with Crippen LogP contribution in [0.2, 0.25) is 0 Å². The number of hydrogen-bond donors (Lipinski definition) is 0. The Kier molecular flexibility index (Phi) is 1.70. The second-order valence-corrected chi connectivity index (χ2v) is 3.74. The maximum Gasteiger partial charge on any atom is 0.150 e. The van der Waals surface area contributed by atoms with Gasteiger partial charge in [0, 0.05) is 10.3 Å². The summed E-state index contributed by atoms with van der Waals surface area (Å²) < 4.78 is 1.19. The van der Waals surface area contributed by atoms with E-state index in [1.807, 2.05) is 24.4 Å². The first kappa shape index (κ1) is 7.50. The molecule has 0 spiro atoms. The lowest BCUT2D eigenvalue weighted by atomic mass is 10.1. The highest BCUT2D eigenvalue weighted by Crippen LogP contribution is 2.24. The Morgan fingerprint density at radius 3 is 3.00 bits per heavy atom. The summed E-state index contributed by atoms with van der Waals surface area (Å²) in [5, 5.41) is 3.30. The summed E-state index contributed by atoms with van der Waals surface area (Å²) in [4.78, 5) is 10.5. The van der Waals surface area contributed by atoms with E-state index >= 15 is 0 Å². The molecule has 0 amide bonds. The predicted octanol–water partition coefficient (Wildman–Crippen LogP) is 3.02. The summed E-state index contributed by atoms with van der Waals surface area (Å²) in [5.41, 5.74) is 1.94. The van der Waals surface area contributed by atoms with E-state index in [9.17, 15) is 4.79 Å². The Labute approximate surface area is 74.6 Å². The first-order chi connectivity index (χ1) is 5.81. The molecule has 60 valence electrons. The number of hydrogen-bond acceptors (Lipinski definition) is 2. The molecular weight excluding hydrogens is 168 g/mol. The molecule has 1 aromatic heterocycles. The zero-order valence-corrected chi connectivity index (χ0v) is 7.52. The van der Waals surface area contributed by atoms with Gasteiger partial charge in [-0.05, 0) is 41.5 Å². The van der Waals surface area contributed by atoms with E-state index in [0.717, 1.165) is 11.8 Å². The Bertz CT molecular complexity index is 428. The van der Waals surface area contributed by atoms with Gasteiger partial charge < -0.3 is 0 Å². The second-order valence-electron chi connectivity index (χ2n) is 2.79. The number of benzene rings is 1. The van der Waals surface area contributed by atoms with Crippen LogP contribution in [-0.4, -0.2) is 6.29 Å². The van der Waals surface area contributed by atoms with Gasteiger partial charge in [0.05, 0.1) is 0 Å². The highest BCUT2D eigenvalue weighted by Gasteiger charge is 2.00. The van der Waals surface area contributed by atoms with Gasteiger partial charge in [-0.25, -0.2) is 0 Å². The summed E-state index contributed by atoms with van der Waals surface area (Å²) in [6.45, 7) is 2.03. The van der Waals surface area contributed by atoms with Gasteiger partial charge in [-0.3, -0.25) is 4.79 Å². The lowest BCUT2D eigenvalue weighted by Crippen LogP contribution is -1.80. The fraction of sp³-hybridized carbons (Fsp3) is 0.100. The van der Waals surface area contributed by atoms with Crippen LogP contribution in [0.15, 0.2) is 23.6 Å². The van der Waals surface area contributed by atoms with Crippen LogP contribution < -0.4 is 0 Å². The van der Waals surface area contributed by atoms with E-state index in [0.29, 0.717) is 0 Å². The van der Waals surface area contributed by atoms with Crippen molar-refractivity contribution in [2.75, 3.05) is 0 Å². The van der Waals surface area contributed by atoms with Crippen molar-refractivity contribution in [1.82, 2.24) is 0 Å². The fourth-order valence-electron chi connectivity index (χ4n) is 1.35. The Morgan fingerprint density at radius 1 is 1.42 bits per heavy atom. The first-order valence-corrected chi connectivity index (χ1v) is 4.62. The Balaban J connectivity index is 2.83. The molecule has 0 aliphatic rings. The Hall–Kier alpha value is -1.15. The zero-order chi connectivity index (χ0) is 8.55. The molecule has 0 saturated carbocycles. The first-order valence-electron chi connectivity index (χ1n) is 3.74. The minimum atomic E-state index is 0.766. The van der Waals surface area contributed by atoms with E-state index in [1.165, 1.54) is 15.6 Å². The van der Waals surface area contributed by atoms with Crippen molar-refractivity contribution in [2.24, 2.45) is 0 Å². The molecule has 0 fully saturated rings. The SMILES string of the molecule is Cc1cc(C=O)cc2sccc12. The molecule has 0 N–H and O–H groups in total. The van der Waals surface area contributed by atoms with Crippen LogP contribution >= 0.6 is 11.3 Å². The molecule has 2 aromatic rings. The number of fused-ring (bicyclic) bond motifs is 1. The summed E-state index contributed by atoms with van der Waals surface area (Å²) in [5.74, 6) is 0. The Morgan fingerprint density at radius 2 is 2.25 bits per heavy atom. The molecule has 1 aromatic carbocycles. The van der Waals surface area contributed by atoms with Gasteiger partial charge in [0.25, 0.3) is 0 Å². The molecule has 0 aliphatic carbocycles. The fourth-order valence-corrected chi connectivity index (χ4v) is 2.26. The van der Waals surface area contributed by atoms with Crippen molar-refractivity contribution >= 4 is 27.7 Å². The van der Waals surface area contributed by atoms with Gasteiger partial charge in [-0.2, -0.15) is 0 Å². The smallest absolute Gasteiger partial charge is 0.150 e. The number of carbonyl (C=O) groups excluding carboxylic acids is 1. The molecule has 0 bridgehead atoms. The molecule has 0 saturated heterocycles. The van der Waals surface area contributed by atoms with Crippen LogP contribution in [-0.2, 0) is 0 Å². The topological polar surface area (TPSA) is 17.1 Å². The molecule has 2 rings (SSSR count). The van der Waals surface area contributed by atoms with Crippen LogP contribution in [0, 0.1) is 6.92 Å². The average Bonchev–Trinajstić information content (AvgIpc) is 2.52. The van der Waals surface area contributed by atoms with Crippen LogP contribution in [0.5, 0.6) is 0 Å². The van der Waals surface area contributed by atoms with Crippen LogP contribution in [0.3, 0.4) is 0 Å². The molecule has 2 heteroatoms. The highest BCUT2D eigenvalue weighted by atomic mass is 32.1. The van der Waals surface area contributed by atoms with Crippen molar-refractivity contribution in [2.45, 2.75) is 6.92 Å². The van der Waals surface area contributed by atoms with Crippen LogP contribution in [0.1, 0.15) is 15.9 Å². The van der Waals surface area contributed by atoms with Gasteiger partial charge in [-0.1, -0.05) is 0 Å². The van der Waals surface area contributed by atoms with Crippen molar-refractivity contribution in [3.05, 3.63) is 34.7 Å². The lowest BCUT2D eigenvalue weighted by Gasteiger charge is -1.96. The minimum Gasteiger partial charge on any atom is -0.298 e. The molecule has 1 nitrogen and oxygen atoms in total. The quantitative estimate of drug-likeness (QED) is 0.610. The lowest BCUT2D eigenvalue weighted by molar-refractivity contribution is 0.112. The third-order valence-corrected chi connectivity index (χ3v) is 2.80. The van der Waals surface area contributed by atoms with E-state index in [1.54, 1.807) is 11.3 Å². The molecule has 0 unspecified atom stereocenters. The standard InChI is InChI=1S/C10H8OS/c1-7-4-8(6-11)5-10-9(7)2-3-12-10/h2-6H,1H3. The maximum absolute atomic E-state index is 10.5. The molecule has 0 aliphatic heterocycles. The minimum absolute atomic E-state index is 0.766. The van der Waals surface area contributed by atoms with Crippen molar-refractivity contribution in [3.63, 3.8) is 0 Å². The number of carbonyl (C=O) groups is 1. The van der Waals surface area contributed by atoms with E-state index < -0.39 is 0 Å². The van der Waals surface area contributed by atoms with Gasteiger partial charge >= 0.3 is 0 Å².